The highest BCUT2D eigenvalue weighted by Crippen LogP contribution is 2.22. The third-order valence-corrected chi connectivity index (χ3v) is 2.85. The van der Waals surface area contributed by atoms with Crippen molar-refractivity contribution < 1.29 is 4.79 Å². The predicted octanol–water partition coefficient (Wildman–Crippen LogP) is 1.87. The summed E-state index contributed by atoms with van der Waals surface area (Å²) in [6.07, 6.45) is 0. The fourth-order valence-electron chi connectivity index (χ4n) is 1.85. The summed E-state index contributed by atoms with van der Waals surface area (Å²) in [6, 6.07) is 5.51. The Morgan fingerprint density at radius 2 is 2.28 bits per heavy atom. The lowest BCUT2D eigenvalue weighted by Crippen LogP contribution is -2.26. The van der Waals surface area contributed by atoms with E-state index >= 15 is 0 Å². The molecule has 96 valence electrons. The van der Waals surface area contributed by atoms with Crippen molar-refractivity contribution in [2.45, 2.75) is 13.5 Å². The summed E-state index contributed by atoms with van der Waals surface area (Å²) in [6.45, 7) is 2.99. The van der Waals surface area contributed by atoms with Crippen molar-refractivity contribution in [3.8, 4) is 0 Å². The smallest absolute Gasteiger partial charge is 0.240 e. The molecule has 0 aliphatic heterocycles. The van der Waals surface area contributed by atoms with E-state index < -0.39 is 0 Å². The number of fused-ring (bicyclic) bond motifs is 1. The second-order valence-corrected chi connectivity index (χ2v) is 4.33. The maximum Gasteiger partial charge on any atom is 0.240 e. The summed E-state index contributed by atoms with van der Waals surface area (Å²) in [4.78, 5) is 16.0. The predicted molar refractivity (Wildman–Crippen MR) is 73.0 cm³/mol. The van der Waals surface area contributed by atoms with E-state index in [2.05, 4.69) is 15.6 Å². The van der Waals surface area contributed by atoms with Gasteiger partial charge in [-0.25, -0.2) is 4.98 Å². The molecule has 0 aliphatic rings. The lowest BCUT2D eigenvalue weighted by Gasteiger charge is -2.07. The minimum atomic E-state index is -0.117. The van der Waals surface area contributed by atoms with Crippen LogP contribution in [0, 0.1) is 0 Å². The molecule has 0 saturated heterocycles. The number of hydrogen-bond donors (Lipinski definition) is 2. The number of aromatic nitrogens is 2. The topological polar surface area (TPSA) is 59.0 Å². The van der Waals surface area contributed by atoms with Gasteiger partial charge in [-0.1, -0.05) is 11.6 Å². The number of halogens is 1. The van der Waals surface area contributed by atoms with Gasteiger partial charge in [0.05, 0.1) is 17.6 Å². The van der Waals surface area contributed by atoms with E-state index in [9.17, 15) is 4.79 Å². The van der Waals surface area contributed by atoms with E-state index in [1.54, 1.807) is 13.1 Å². The van der Waals surface area contributed by atoms with Gasteiger partial charge in [0.2, 0.25) is 11.9 Å². The van der Waals surface area contributed by atoms with Crippen molar-refractivity contribution in [3.05, 3.63) is 23.2 Å². The van der Waals surface area contributed by atoms with Gasteiger partial charge in [0.1, 0.15) is 0 Å². The molecule has 1 heterocycles. The van der Waals surface area contributed by atoms with Crippen molar-refractivity contribution in [1.82, 2.24) is 14.9 Å². The molecule has 2 N–H and O–H groups in total. The fraction of sp³-hybridized carbons (Fsp3) is 0.333. The van der Waals surface area contributed by atoms with Crippen molar-refractivity contribution in [1.29, 1.82) is 0 Å². The molecular formula is C12H15ClN4O. The molecule has 5 nitrogen and oxygen atoms in total. The number of nitrogens with zero attached hydrogens (tertiary/aromatic N) is 2. The summed E-state index contributed by atoms with van der Waals surface area (Å²) in [5.74, 6) is 0.434. The Bertz CT molecular complexity index is 579. The van der Waals surface area contributed by atoms with Gasteiger partial charge in [-0.05, 0) is 32.2 Å². The third-order valence-electron chi connectivity index (χ3n) is 2.62. The molecule has 6 heteroatoms. The van der Waals surface area contributed by atoms with E-state index in [0.29, 0.717) is 11.0 Å². The Balaban J connectivity index is 2.40. The first kappa shape index (κ1) is 12.9. The fourth-order valence-corrected chi connectivity index (χ4v) is 2.01. The van der Waals surface area contributed by atoms with Crippen LogP contribution in [-0.2, 0) is 11.3 Å². The molecule has 0 atom stereocenters. The number of amides is 1. The quantitative estimate of drug-likeness (QED) is 0.888. The Labute approximate surface area is 110 Å². The SMILES string of the molecule is CCn1c(NC(=O)CNC)nc2cc(Cl)ccc21. The number of anilines is 1. The van der Waals surface area contributed by atoms with Gasteiger partial charge in [-0.15, -0.1) is 0 Å². The minimum Gasteiger partial charge on any atom is -0.311 e. The zero-order chi connectivity index (χ0) is 13.1. The maximum atomic E-state index is 11.6. The summed E-state index contributed by atoms with van der Waals surface area (Å²) >= 11 is 5.93. The number of imidazole rings is 1. The molecule has 0 spiro atoms. The van der Waals surface area contributed by atoms with Gasteiger partial charge in [0.25, 0.3) is 0 Å². The number of likely N-dealkylation sites (N-methyl/N-ethyl adjacent to an activating group) is 1. The number of rotatable bonds is 4. The van der Waals surface area contributed by atoms with Crippen molar-refractivity contribution in [3.63, 3.8) is 0 Å². The summed E-state index contributed by atoms with van der Waals surface area (Å²) in [5.41, 5.74) is 1.74. The first-order valence-electron chi connectivity index (χ1n) is 5.76. The molecule has 0 radical (unpaired) electrons. The second-order valence-electron chi connectivity index (χ2n) is 3.89. The highest BCUT2D eigenvalue weighted by atomic mass is 35.5. The molecule has 2 aromatic rings. The van der Waals surface area contributed by atoms with E-state index in [-0.39, 0.29) is 12.5 Å². The van der Waals surface area contributed by atoms with E-state index in [1.165, 1.54) is 0 Å². The molecule has 0 bridgehead atoms. The van der Waals surface area contributed by atoms with Crippen molar-refractivity contribution >= 4 is 34.5 Å². The first-order valence-corrected chi connectivity index (χ1v) is 6.13. The van der Waals surface area contributed by atoms with Crippen LogP contribution in [0.2, 0.25) is 5.02 Å². The molecule has 1 aromatic carbocycles. The van der Waals surface area contributed by atoms with Crippen LogP contribution in [0.5, 0.6) is 0 Å². The molecule has 0 unspecified atom stereocenters. The van der Waals surface area contributed by atoms with E-state index in [4.69, 9.17) is 11.6 Å². The summed E-state index contributed by atoms with van der Waals surface area (Å²) < 4.78 is 1.94. The normalized spacial score (nSPS) is 10.8. The van der Waals surface area contributed by atoms with Crippen LogP contribution in [0.25, 0.3) is 11.0 Å². The molecule has 0 fully saturated rings. The van der Waals surface area contributed by atoms with E-state index in [1.807, 2.05) is 23.6 Å². The molecular weight excluding hydrogens is 252 g/mol. The molecule has 18 heavy (non-hydrogen) atoms. The lowest BCUT2D eigenvalue weighted by molar-refractivity contribution is -0.115. The average Bonchev–Trinajstić information content (AvgIpc) is 2.65. The van der Waals surface area contributed by atoms with Crippen LogP contribution < -0.4 is 10.6 Å². The number of carbonyl (C=O) groups is 1. The molecule has 2 rings (SSSR count). The third kappa shape index (κ3) is 2.47. The zero-order valence-corrected chi connectivity index (χ0v) is 11.1. The second kappa shape index (κ2) is 5.37. The molecule has 1 amide bonds. The molecule has 1 aromatic heterocycles. The van der Waals surface area contributed by atoms with Gasteiger partial charge >= 0.3 is 0 Å². The largest absolute Gasteiger partial charge is 0.311 e. The maximum absolute atomic E-state index is 11.6. The Morgan fingerprint density at radius 1 is 1.50 bits per heavy atom. The van der Waals surface area contributed by atoms with Gasteiger partial charge in [0.15, 0.2) is 0 Å². The number of hydrogen-bond acceptors (Lipinski definition) is 3. The Morgan fingerprint density at radius 3 is 2.94 bits per heavy atom. The van der Waals surface area contributed by atoms with Crippen LogP contribution in [0.3, 0.4) is 0 Å². The van der Waals surface area contributed by atoms with Gasteiger partial charge in [-0.3, -0.25) is 10.1 Å². The lowest BCUT2D eigenvalue weighted by atomic mass is 10.3. The monoisotopic (exact) mass is 266 g/mol. The number of benzene rings is 1. The minimum absolute atomic E-state index is 0.117. The van der Waals surface area contributed by atoms with Crippen LogP contribution >= 0.6 is 11.6 Å². The standard InChI is InChI=1S/C12H15ClN4O/c1-3-17-10-5-4-8(13)6-9(10)15-12(17)16-11(18)7-14-2/h4-6,14H,3,7H2,1-2H3,(H,15,16,18). The van der Waals surface area contributed by atoms with Crippen molar-refractivity contribution in [2.24, 2.45) is 0 Å². The molecule has 0 aliphatic carbocycles. The zero-order valence-electron chi connectivity index (χ0n) is 10.3. The van der Waals surface area contributed by atoms with Gasteiger partial charge < -0.3 is 9.88 Å². The average molecular weight is 267 g/mol. The summed E-state index contributed by atoms with van der Waals surface area (Å²) in [5, 5.41) is 6.21. The van der Waals surface area contributed by atoms with Gasteiger partial charge in [0, 0.05) is 11.6 Å². The van der Waals surface area contributed by atoms with Crippen molar-refractivity contribution in [2.75, 3.05) is 18.9 Å². The number of nitrogens with one attached hydrogen (secondary N) is 2. The van der Waals surface area contributed by atoms with E-state index in [0.717, 1.165) is 17.6 Å². The Kier molecular flexibility index (Phi) is 3.84. The molecule has 0 saturated carbocycles. The Hall–Kier alpha value is -1.59. The summed E-state index contributed by atoms with van der Waals surface area (Å²) in [7, 11) is 1.72. The van der Waals surface area contributed by atoms with Crippen LogP contribution in [0.15, 0.2) is 18.2 Å². The first-order chi connectivity index (χ1) is 8.65. The highest BCUT2D eigenvalue weighted by Gasteiger charge is 2.11. The van der Waals surface area contributed by atoms with Crippen LogP contribution in [0.4, 0.5) is 5.95 Å². The van der Waals surface area contributed by atoms with Crippen LogP contribution in [-0.4, -0.2) is 29.1 Å². The number of carbonyl (C=O) groups excluding carboxylic acids is 1. The number of aryl methyl sites for hydroxylation is 1. The highest BCUT2D eigenvalue weighted by molar-refractivity contribution is 6.31. The van der Waals surface area contributed by atoms with Gasteiger partial charge in [-0.2, -0.15) is 0 Å². The van der Waals surface area contributed by atoms with Crippen LogP contribution in [0.1, 0.15) is 6.92 Å².